The molecule has 0 spiro atoms. The molecule has 0 bridgehead atoms. The Kier molecular flexibility index (Phi) is 4.03. The van der Waals surface area contributed by atoms with Gasteiger partial charge in [0.05, 0.1) is 5.56 Å². The Morgan fingerprint density at radius 1 is 0.963 bits per heavy atom. The Bertz CT molecular complexity index is 1000. The predicted octanol–water partition coefficient (Wildman–Crippen LogP) is 5.09. The molecule has 2 nitrogen and oxygen atoms in total. The van der Waals surface area contributed by atoms with Crippen molar-refractivity contribution >= 4 is 0 Å². The molecule has 6 heteroatoms. The number of rotatable bonds is 2. The third kappa shape index (κ3) is 2.90. The lowest BCUT2D eigenvalue weighted by atomic mass is 9.84. The molecule has 1 unspecified atom stereocenters. The number of hydrogen-bond donors (Lipinski definition) is 1. The Labute approximate surface area is 153 Å². The number of pyridine rings is 1. The summed E-state index contributed by atoms with van der Waals surface area (Å²) in [5.41, 5.74) is -0.179. The van der Waals surface area contributed by atoms with Gasteiger partial charge in [0, 0.05) is 29.1 Å². The number of aromatic nitrogens is 1. The number of nitrogens with zero attached hydrogens (tertiary/aromatic N) is 1. The molecular formula is C21H15F4NO. The van der Waals surface area contributed by atoms with Crippen molar-refractivity contribution in [2.24, 2.45) is 0 Å². The third-order valence-electron chi connectivity index (χ3n) is 5.03. The predicted molar refractivity (Wildman–Crippen MR) is 92.4 cm³/mol. The van der Waals surface area contributed by atoms with Gasteiger partial charge in [-0.3, -0.25) is 4.98 Å². The van der Waals surface area contributed by atoms with Gasteiger partial charge in [0.15, 0.2) is 0 Å². The van der Waals surface area contributed by atoms with Gasteiger partial charge in [-0.1, -0.05) is 36.4 Å². The SMILES string of the molecule is OC1(c2ccccc2)CCc2cncc(-c3ccc(C(F)(F)F)cc3F)c21. The molecule has 0 radical (unpaired) electrons. The maximum Gasteiger partial charge on any atom is 0.416 e. The molecule has 1 aromatic heterocycles. The van der Waals surface area contributed by atoms with Crippen LogP contribution in [0.4, 0.5) is 17.6 Å². The van der Waals surface area contributed by atoms with E-state index in [2.05, 4.69) is 4.98 Å². The molecule has 2 aromatic carbocycles. The molecule has 4 rings (SSSR count). The van der Waals surface area contributed by atoms with E-state index in [0.717, 1.165) is 17.7 Å². The average Bonchev–Trinajstić information content (AvgIpc) is 3.00. The molecule has 0 fully saturated rings. The zero-order valence-corrected chi connectivity index (χ0v) is 14.1. The van der Waals surface area contributed by atoms with Crippen molar-refractivity contribution < 1.29 is 22.7 Å². The Morgan fingerprint density at radius 3 is 2.37 bits per heavy atom. The highest BCUT2D eigenvalue weighted by Crippen LogP contribution is 2.46. The first kappa shape index (κ1) is 17.7. The molecule has 27 heavy (non-hydrogen) atoms. The van der Waals surface area contributed by atoms with Crippen LogP contribution in [0.1, 0.15) is 28.7 Å². The van der Waals surface area contributed by atoms with Gasteiger partial charge in [-0.25, -0.2) is 4.39 Å². The van der Waals surface area contributed by atoms with E-state index in [0.29, 0.717) is 35.6 Å². The standard InChI is InChI=1S/C21H15F4NO/c22-18-10-15(21(23,24)25)6-7-16(18)17-12-26-11-13-8-9-20(27,19(13)17)14-4-2-1-3-5-14/h1-7,10-12,27H,8-9H2. The van der Waals surface area contributed by atoms with Crippen LogP contribution in [0.3, 0.4) is 0 Å². The molecule has 0 aliphatic heterocycles. The van der Waals surface area contributed by atoms with Crippen molar-refractivity contribution in [1.82, 2.24) is 4.98 Å². The van der Waals surface area contributed by atoms with Crippen LogP contribution in [0.2, 0.25) is 0 Å². The molecule has 1 aliphatic carbocycles. The van der Waals surface area contributed by atoms with E-state index in [-0.39, 0.29) is 5.56 Å². The highest BCUT2D eigenvalue weighted by molar-refractivity contribution is 5.72. The van der Waals surface area contributed by atoms with Gasteiger partial charge in [0.2, 0.25) is 0 Å². The molecule has 0 saturated carbocycles. The first-order chi connectivity index (χ1) is 12.8. The quantitative estimate of drug-likeness (QED) is 0.635. The topological polar surface area (TPSA) is 33.1 Å². The van der Waals surface area contributed by atoms with Gasteiger partial charge in [-0.15, -0.1) is 0 Å². The molecule has 0 saturated heterocycles. The van der Waals surface area contributed by atoms with Crippen LogP contribution in [0.15, 0.2) is 60.9 Å². The second kappa shape index (κ2) is 6.16. The van der Waals surface area contributed by atoms with Crippen molar-refractivity contribution in [3.63, 3.8) is 0 Å². The van der Waals surface area contributed by atoms with E-state index >= 15 is 0 Å². The van der Waals surface area contributed by atoms with E-state index in [1.165, 1.54) is 6.20 Å². The molecular weight excluding hydrogens is 358 g/mol. The number of hydrogen-bond acceptors (Lipinski definition) is 2. The monoisotopic (exact) mass is 373 g/mol. The number of aliphatic hydroxyl groups is 1. The highest BCUT2D eigenvalue weighted by atomic mass is 19.4. The average molecular weight is 373 g/mol. The molecule has 1 N–H and O–H groups in total. The van der Waals surface area contributed by atoms with Gasteiger partial charge in [0.25, 0.3) is 0 Å². The first-order valence-electron chi connectivity index (χ1n) is 8.43. The van der Waals surface area contributed by atoms with E-state index in [1.807, 2.05) is 6.07 Å². The van der Waals surface area contributed by atoms with E-state index < -0.39 is 23.2 Å². The fourth-order valence-electron chi connectivity index (χ4n) is 3.74. The van der Waals surface area contributed by atoms with Crippen LogP contribution in [-0.2, 0) is 18.2 Å². The Balaban J connectivity index is 1.90. The summed E-state index contributed by atoms with van der Waals surface area (Å²) in [6.07, 6.45) is -0.677. The van der Waals surface area contributed by atoms with E-state index in [4.69, 9.17) is 0 Å². The molecule has 1 heterocycles. The first-order valence-corrected chi connectivity index (χ1v) is 8.43. The number of aryl methyl sites for hydroxylation is 1. The third-order valence-corrected chi connectivity index (χ3v) is 5.03. The number of alkyl halides is 3. The number of benzene rings is 2. The largest absolute Gasteiger partial charge is 0.416 e. The van der Waals surface area contributed by atoms with Crippen molar-refractivity contribution in [2.45, 2.75) is 24.6 Å². The van der Waals surface area contributed by atoms with E-state index in [9.17, 15) is 22.7 Å². The maximum atomic E-state index is 14.6. The molecule has 138 valence electrons. The number of halogens is 4. The van der Waals surface area contributed by atoms with Crippen molar-refractivity contribution in [1.29, 1.82) is 0 Å². The Hall–Kier alpha value is -2.73. The maximum absolute atomic E-state index is 14.6. The lowest BCUT2D eigenvalue weighted by Crippen LogP contribution is -2.24. The zero-order valence-electron chi connectivity index (χ0n) is 14.1. The minimum atomic E-state index is -4.62. The molecule has 0 amide bonds. The minimum Gasteiger partial charge on any atom is -0.380 e. The normalized spacial score (nSPS) is 19.1. The van der Waals surface area contributed by atoms with Gasteiger partial charge >= 0.3 is 6.18 Å². The lowest BCUT2D eigenvalue weighted by Gasteiger charge is -2.27. The van der Waals surface area contributed by atoms with Gasteiger partial charge in [-0.05, 0) is 36.1 Å². The number of fused-ring (bicyclic) bond motifs is 1. The molecule has 3 aromatic rings. The summed E-state index contributed by atoms with van der Waals surface area (Å²) in [7, 11) is 0. The summed E-state index contributed by atoms with van der Waals surface area (Å²) in [6, 6.07) is 11.4. The van der Waals surface area contributed by atoms with Gasteiger partial charge in [-0.2, -0.15) is 13.2 Å². The second-order valence-corrected chi connectivity index (χ2v) is 6.64. The van der Waals surface area contributed by atoms with Crippen LogP contribution in [0.5, 0.6) is 0 Å². The summed E-state index contributed by atoms with van der Waals surface area (Å²) in [4.78, 5) is 4.10. The second-order valence-electron chi connectivity index (χ2n) is 6.64. The minimum absolute atomic E-state index is 0.0105. The van der Waals surface area contributed by atoms with Crippen LogP contribution >= 0.6 is 0 Å². The van der Waals surface area contributed by atoms with Crippen LogP contribution in [0, 0.1) is 5.82 Å². The fraction of sp³-hybridized carbons (Fsp3) is 0.190. The van der Waals surface area contributed by atoms with Crippen molar-refractivity contribution in [2.75, 3.05) is 0 Å². The molecule has 1 atom stereocenters. The van der Waals surface area contributed by atoms with Gasteiger partial charge < -0.3 is 5.11 Å². The van der Waals surface area contributed by atoms with Crippen LogP contribution < -0.4 is 0 Å². The Morgan fingerprint density at radius 2 is 1.70 bits per heavy atom. The summed E-state index contributed by atoms with van der Waals surface area (Å²) in [5.74, 6) is -0.998. The van der Waals surface area contributed by atoms with E-state index in [1.54, 1.807) is 30.5 Å². The summed E-state index contributed by atoms with van der Waals surface area (Å²) < 4.78 is 53.1. The fourth-order valence-corrected chi connectivity index (χ4v) is 3.74. The highest BCUT2D eigenvalue weighted by Gasteiger charge is 2.41. The van der Waals surface area contributed by atoms with Crippen molar-refractivity contribution in [3.05, 3.63) is 89.0 Å². The summed E-state index contributed by atoms with van der Waals surface area (Å²) in [6.45, 7) is 0. The van der Waals surface area contributed by atoms with Crippen LogP contribution in [0.25, 0.3) is 11.1 Å². The van der Waals surface area contributed by atoms with Gasteiger partial charge in [0.1, 0.15) is 11.4 Å². The van der Waals surface area contributed by atoms with Crippen molar-refractivity contribution in [3.8, 4) is 11.1 Å². The van der Waals surface area contributed by atoms with Crippen LogP contribution in [-0.4, -0.2) is 10.1 Å². The lowest BCUT2D eigenvalue weighted by molar-refractivity contribution is -0.137. The summed E-state index contributed by atoms with van der Waals surface area (Å²) >= 11 is 0. The molecule has 1 aliphatic rings. The zero-order chi connectivity index (χ0) is 19.2. The smallest absolute Gasteiger partial charge is 0.380 e. The summed E-state index contributed by atoms with van der Waals surface area (Å²) in [5, 5.41) is 11.4.